The molecule has 1 atom stereocenters. The van der Waals surface area contributed by atoms with E-state index in [1.807, 2.05) is 19.2 Å². The third-order valence-corrected chi connectivity index (χ3v) is 4.71. The quantitative estimate of drug-likeness (QED) is 0.780. The van der Waals surface area contributed by atoms with Gasteiger partial charge in [0.05, 0.1) is 5.69 Å². The molecule has 0 aliphatic heterocycles. The summed E-state index contributed by atoms with van der Waals surface area (Å²) in [5, 5.41) is 0. The van der Waals surface area contributed by atoms with Crippen molar-refractivity contribution >= 4 is 17.1 Å². The maximum atomic E-state index is 12.3. The first-order chi connectivity index (χ1) is 8.65. The largest absolute Gasteiger partial charge is 0.294 e. The number of pyridine rings is 1. The fourth-order valence-corrected chi connectivity index (χ4v) is 3.63. The fourth-order valence-electron chi connectivity index (χ4n) is 2.66. The van der Waals surface area contributed by atoms with E-state index in [-0.39, 0.29) is 5.78 Å². The zero-order valence-corrected chi connectivity index (χ0v) is 11.4. The monoisotopic (exact) mass is 257 g/mol. The van der Waals surface area contributed by atoms with Crippen LogP contribution in [0.4, 0.5) is 0 Å². The average Bonchev–Trinajstić information content (AvgIpc) is 2.75. The summed E-state index contributed by atoms with van der Waals surface area (Å²) in [4.78, 5) is 19.3. The summed E-state index contributed by atoms with van der Waals surface area (Å²) in [5.41, 5.74) is 2.90. The SMILES string of the molecule is Cc1ccc(C2CC(=O)c3c(C)ccnc3C2)s1. The number of aromatic nitrogens is 1. The lowest BCUT2D eigenvalue weighted by Crippen LogP contribution is -2.20. The van der Waals surface area contributed by atoms with Crippen LogP contribution in [0.3, 0.4) is 0 Å². The van der Waals surface area contributed by atoms with Crippen LogP contribution in [-0.2, 0) is 6.42 Å². The van der Waals surface area contributed by atoms with Crippen molar-refractivity contribution in [1.82, 2.24) is 4.98 Å². The van der Waals surface area contributed by atoms with E-state index in [0.29, 0.717) is 12.3 Å². The molecule has 3 rings (SSSR count). The number of hydrogen-bond acceptors (Lipinski definition) is 3. The van der Waals surface area contributed by atoms with E-state index in [1.165, 1.54) is 9.75 Å². The van der Waals surface area contributed by atoms with E-state index in [4.69, 9.17) is 0 Å². The van der Waals surface area contributed by atoms with Gasteiger partial charge >= 0.3 is 0 Å². The molecule has 0 saturated heterocycles. The van der Waals surface area contributed by atoms with Crippen molar-refractivity contribution in [2.45, 2.75) is 32.6 Å². The highest BCUT2D eigenvalue weighted by molar-refractivity contribution is 7.12. The lowest BCUT2D eigenvalue weighted by Gasteiger charge is -2.23. The van der Waals surface area contributed by atoms with Gasteiger partial charge in [-0.3, -0.25) is 9.78 Å². The summed E-state index contributed by atoms with van der Waals surface area (Å²) in [7, 11) is 0. The molecule has 0 aromatic carbocycles. The van der Waals surface area contributed by atoms with Gasteiger partial charge in [0.1, 0.15) is 0 Å². The molecule has 0 amide bonds. The molecule has 2 heterocycles. The van der Waals surface area contributed by atoms with Crippen molar-refractivity contribution in [3.8, 4) is 0 Å². The summed E-state index contributed by atoms with van der Waals surface area (Å²) >= 11 is 1.80. The molecule has 18 heavy (non-hydrogen) atoms. The number of aryl methyl sites for hydroxylation is 2. The third-order valence-electron chi connectivity index (χ3n) is 3.55. The summed E-state index contributed by atoms with van der Waals surface area (Å²) in [6, 6.07) is 6.20. The zero-order valence-electron chi connectivity index (χ0n) is 10.6. The van der Waals surface area contributed by atoms with Gasteiger partial charge in [-0.25, -0.2) is 0 Å². The average molecular weight is 257 g/mol. The summed E-state index contributed by atoms with van der Waals surface area (Å²) < 4.78 is 0. The Kier molecular flexibility index (Phi) is 2.78. The van der Waals surface area contributed by atoms with Gasteiger partial charge in [-0.2, -0.15) is 0 Å². The molecule has 0 radical (unpaired) electrons. The van der Waals surface area contributed by atoms with Gasteiger partial charge in [-0.15, -0.1) is 11.3 Å². The van der Waals surface area contributed by atoms with Crippen LogP contribution in [0, 0.1) is 13.8 Å². The Morgan fingerprint density at radius 3 is 2.78 bits per heavy atom. The Balaban J connectivity index is 1.99. The van der Waals surface area contributed by atoms with Crippen LogP contribution >= 0.6 is 11.3 Å². The van der Waals surface area contributed by atoms with Crippen LogP contribution in [0.1, 0.15) is 43.7 Å². The molecular formula is C15H15NOS. The smallest absolute Gasteiger partial charge is 0.165 e. The molecule has 0 saturated carbocycles. The van der Waals surface area contributed by atoms with Crippen molar-refractivity contribution in [3.05, 3.63) is 51.0 Å². The van der Waals surface area contributed by atoms with Crippen molar-refractivity contribution in [1.29, 1.82) is 0 Å². The number of nitrogens with zero attached hydrogens (tertiary/aromatic N) is 1. The predicted octanol–water partition coefficient (Wildman–Crippen LogP) is 3.67. The van der Waals surface area contributed by atoms with E-state index < -0.39 is 0 Å². The Morgan fingerprint density at radius 2 is 2.06 bits per heavy atom. The topological polar surface area (TPSA) is 30.0 Å². The molecule has 0 bridgehead atoms. The van der Waals surface area contributed by atoms with Gasteiger partial charge in [0, 0.05) is 33.9 Å². The highest BCUT2D eigenvalue weighted by atomic mass is 32.1. The minimum Gasteiger partial charge on any atom is -0.294 e. The van der Waals surface area contributed by atoms with Gasteiger partial charge in [-0.05, 0) is 44.0 Å². The van der Waals surface area contributed by atoms with Crippen LogP contribution in [0.2, 0.25) is 0 Å². The maximum Gasteiger partial charge on any atom is 0.165 e. The van der Waals surface area contributed by atoms with Gasteiger partial charge in [0.25, 0.3) is 0 Å². The Morgan fingerprint density at radius 1 is 1.22 bits per heavy atom. The van der Waals surface area contributed by atoms with Gasteiger partial charge in [0.15, 0.2) is 5.78 Å². The standard InChI is InChI=1S/C15H15NOS/c1-9-5-6-16-12-7-11(8-13(17)15(9)12)14-4-3-10(2)18-14/h3-6,11H,7-8H2,1-2H3. The minimum absolute atomic E-state index is 0.248. The third kappa shape index (κ3) is 1.89. The van der Waals surface area contributed by atoms with Crippen LogP contribution in [0.5, 0.6) is 0 Å². The minimum atomic E-state index is 0.248. The number of carbonyl (C=O) groups is 1. The first-order valence-corrected chi connectivity index (χ1v) is 7.01. The first-order valence-electron chi connectivity index (χ1n) is 6.19. The molecule has 1 aliphatic carbocycles. The first kappa shape index (κ1) is 11.6. The van der Waals surface area contributed by atoms with Gasteiger partial charge < -0.3 is 0 Å². The zero-order chi connectivity index (χ0) is 12.7. The highest BCUT2D eigenvalue weighted by Crippen LogP contribution is 2.35. The van der Waals surface area contributed by atoms with E-state index in [9.17, 15) is 4.79 Å². The molecule has 3 heteroatoms. The van der Waals surface area contributed by atoms with E-state index in [2.05, 4.69) is 24.0 Å². The van der Waals surface area contributed by atoms with Gasteiger partial charge in [0.2, 0.25) is 0 Å². The number of hydrogen-bond donors (Lipinski definition) is 0. The molecule has 0 N–H and O–H groups in total. The van der Waals surface area contributed by atoms with Crippen LogP contribution < -0.4 is 0 Å². The maximum absolute atomic E-state index is 12.3. The molecular weight excluding hydrogens is 242 g/mol. The summed E-state index contributed by atoms with van der Waals surface area (Å²) in [5.74, 6) is 0.566. The van der Waals surface area contributed by atoms with Crippen molar-refractivity contribution in [2.75, 3.05) is 0 Å². The molecule has 1 unspecified atom stereocenters. The second-order valence-electron chi connectivity index (χ2n) is 4.93. The number of fused-ring (bicyclic) bond motifs is 1. The number of Topliss-reactive ketones (excluding diaryl/α,β-unsaturated/α-hetero) is 1. The number of rotatable bonds is 1. The molecule has 0 fully saturated rings. The molecule has 2 aromatic rings. The summed E-state index contributed by atoms with van der Waals surface area (Å²) in [6.07, 6.45) is 3.33. The van der Waals surface area contributed by atoms with Crippen LogP contribution in [0.25, 0.3) is 0 Å². The predicted molar refractivity (Wildman–Crippen MR) is 73.4 cm³/mol. The van der Waals surface area contributed by atoms with Gasteiger partial charge in [-0.1, -0.05) is 0 Å². The normalized spacial score (nSPS) is 18.8. The molecule has 0 spiro atoms. The lowest BCUT2D eigenvalue weighted by atomic mass is 9.83. The number of thiophene rings is 1. The second-order valence-corrected chi connectivity index (χ2v) is 6.25. The van der Waals surface area contributed by atoms with Crippen molar-refractivity contribution in [2.24, 2.45) is 0 Å². The molecule has 1 aliphatic rings. The Hall–Kier alpha value is -1.48. The van der Waals surface area contributed by atoms with Crippen LogP contribution in [0.15, 0.2) is 24.4 Å². The van der Waals surface area contributed by atoms with Crippen molar-refractivity contribution < 1.29 is 4.79 Å². The Bertz CT molecular complexity index is 615. The highest BCUT2D eigenvalue weighted by Gasteiger charge is 2.28. The Labute approximate surface area is 111 Å². The van der Waals surface area contributed by atoms with E-state index in [1.54, 1.807) is 11.3 Å². The molecule has 2 aromatic heterocycles. The van der Waals surface area contributed by atoms with Crippen LogP contribution in [-0.4, -0.2) is 10.8 Å². The van der Waals surface area contributed by atoms with E-state index in [0.717, 1.165) is 23.2 Å². The fraction of sp³-hybridized carbons (Fsp3) is 0.333. The molecule has 92 valence electrons. The molecule has 2 nitrogen and oxygen atoms in total. The summed E-state index contributed by atoms with van der Waals surface area (Å²) in [6.45, 7) is 4.10. The van der Waals surface area contributed by atoms with E-state index >= 15 is 0 Å². The second kappa shape index (κ2) is 4.32. The number of carbonyl (C=O) groups excluding carboxylic acids is 1. The lowest BCUT2D eigenvalue weighted by molar-refractivity contribution is 0.0963. The number of ketones is 1. The van der Waals surface area contributed by atoms with Crippen molar-refractivity contribution in [3.63, 3.8) is 0 Å².